The first-order chi connectivity index (χ1) is 7.13. The number of anilines is 1. The Morgan fingerprint density at radius 3 is 2.53 bits per heavy atom. The van der Waals surface area contributed by atoms with E-state index in [1.807, 2.05) is 6.92 Å². The fourth-order valence-electron chi connectivity index (χ4n) is 1.21. The second kappa shape index (κ2) is 5.24. The van der Waals surface area contributed by atoms with Crippen molar-refractivity contribution in [1.82, 2.24) is 0 Å². The van der Waals surface area contributed by atoms with Gasteiger partial charge in [-0.2, -0.15) is 0 Å². The van der Waals surface area contributed by atoms with E-state index in [9.17, 15) is 4.79 Å². The van der Waals surface area contributed by atoms with Crippen molar-refractivity contribution in [3.8, 4) is 5.75 Å². The number of ether oxygens (including phenoxy) is 1. The number of benzene rings is 1. The van der Waals surface area contributed by atoms with Gasteiger partial charge in [-0.3, -0.25) is 0 Å². The van der Waals surface area contributed by atoms with Crippen LogP contribution in [0.1, 0.15) is 19.8 Å². The average Bonchev–Trinajstić information content (AvgIpc) is 2.20. The van der Waals surface area contributed by atoms with Crippen molar-refractivity contribution < 1.29 is 14.6 Å². The third-order valence-electron chi connectivity index (χ3n) is 1.98. The van der Waals surface area contributed by atoms with Crippen LogP contribution in [0.2, 0.25) is 0 Å². The van der Waals surface area contributed by atoms with Crippen molar-refractivity contribution in [2.24, 2.45) is 0 Å². The third-order valence-corrected chi connectivity index (χ3v) is 1.98. The minimum atomic E-state index is -0.936. The molecule has 1 aromatic rings. The van der Waals surface area contributed by atoms with E-state index >= 15 is 0 Å². The molecule has 3 N–H and O–H groups in total. The first-order valence-corrected chi connectivity index (χ1v) is 4.88. The quantitative estimate of drug-likeness (QED) is 0.726. The van der Waals surface area contributed by atoms with Gasteiger partial charge in [0.05, 0.1) is 0 Å². The molecule has 0 radical (unpaired) electrons. The van der Waals surface area contributed by atoms with Crippen molar-refractivity contribution in [1.29, 1.82) is 0 Å². The Bertz CT molecular complexity index is 321. The van der Waals surface area contributed by atoms with E-state index in [-0.39, 0.29) is 0 Å². The molecule has 0 saturated carbocycles. The number of rotatable bonds is 5. The standard InChI is InChI=1S/C11H15NO3/c1-2-3-10(11(13)14)15-9-6-4-8(12)5-7-9/h4-7,10H,2-3,12H2,1H3,(H,13,14). The molecule has 15 heavy (non-hydrogen) atoms. The van der Waals surface area contributed by atoms with Gasteiger partial charge in [0.15, 0.2) is 6.10 Å². The van der Waals surface area contributed by atoms with Crippen LogP contribution >= 0.6 is 0 Å². The predicted octanol–water partition coefficient (Wildman–Crippen LogP) is 1.90. The molecular weight excluding hydrogens is 194 g/mol. The lowest BCUT2D eigenvalue weighted by atomic mass is 10.2. The van der Waals surface area contributed by atoms with Gasteiger partial charge in [-0.15, -0.1) is 0 Å². The number of aliphatic carboxylic acids is 1. The van der Waals surface area contributed by atoms with Gasteiger partial charge in [0, 0.05) is 5.69 Å². The lowest BCUT2D eigenvalue weighted by Gasteiger charge is -2.14. The van der Waals surface area contributed by atoms with E-state index in [2.05, 4.69) is 0 Å². The van der Waals surface area contributed by atoms with E-state index < -0.39 is 12.1 Å². The highest BCUT2D eigenvalue weighted by Crippen LogP contribution is 2.16. The topological polar surface area (TPSA) is 72.5 Å². The zero-order chi connectivity index (χ0) is 11.3. The monoisotopic (exact) mass is 209 g/mol. The van der Waals surface area contributed by atoms with Crippen LogP contribution in [0.3, 0.4) is 0 Å². The number of hydrogen-bond acceptors (Lipinski definition) is 3. The Labute approximate surface area is 88.7 Å². The normalized spacial score (nSPS) is 12.1. The summed E-state index contributed by atoms with van der Waals surface area (Å²) in [7, 11) is 0. The van der Waals surface area contributed by atoms with E-state index in [0.29, 0.717) is 17.9 Å². The summed E-state index contributed by atoms with van der Waals surface area (Å²) in [5.74, 6) is -0.404. The van der Waals surface area contributed by atoms with E-state index in [1.54, 1.807) is 24.3 Å². The Morgan fingerprint density at radius 1 is 1.47 bits per heavy atom. The average molecular weight is 209 g/mol. The smallest absolute Gasteiger partial charge is 0.344 e. The molecule has 0 fully saturated rings. The number of nitrogens with two attached hydrogens (primary N) is 1. The van der Waals surface area contributed by atoms with Crippen LogP contribution in [-0.4, -0.2) is 17.2 Å². The molecule has 0 spiro atoms. The third kappa shape index (κ3) is 3.50. The summed E-state index contributed by atoms with van der Waals surface area (Å²) < 4.78 is 5.32. The highest BCUT2D eigenvalue weighted by Gasteiger charge is 2.17. The molecule has 0 amide bonds. The lowest BCUT2D eigenvalue weighted by Crippen LogP contribution is -2.26. The van der Waals surface area contributed by atoms with Crippen LogP contribution in [0.4, 0.5) is 5.69 Å². The molecule has 4 nitrogen and oxygen atoms in total. The van der Waals surface area contributed by atoms with Gasteiger partial charge >= 0.3 is 5.97 Å². The maximum atomic E-state index is 10.8. The Kier molecular flexibility index (Phi) is 3.97. The van der Waals surface area contributed by atoms with Gasteiger partial charge in [0.2, 0.25) is 0 Å². The minimum Gasteiger partial charge on any atom is -0.479 e. The highest BCUT2D eigenvalue weighted by molar-refractivity contribution is 5.72. The second-order valence-electron chi connectivity index (χ2n) is 3.30. The van der Waals surface area contributed by atoms with Gasteiger partial charge in [-0.25, -0.2) is 4.79 Å². The number of hydrogen-bond donors (Lipinski definition) is 2. The fraction of sp³-hybridized carbons (Fsp3) is 0.364. The van der Waals surface area contributed by atoms with E-state index in [1.165, 1.54) is 0 Å². The molecule has 0 aliphatic heterocycles. The number of carboxylic acid groups (broad SMARTS) is 1. The fourth-order valence-corrected chi connectivity index (χ4v) is 1.21. The molecule has 0 aliphatic rings. The maximum Gasteiger partial charge on any atom is 0.344 e. The lowest BCUT2D eigenvalue weighted by molar-refractivity contribution is -0.145. The van der Waals surface area contributed by atoms with E-state index in [0.717, 1.165) is 6.42 Å². The largest absolute Gasteiger partial charge is 0.479 e. The van der Waals surface area contributed by atoms with Gasteiger partial charge in [0.25, 0.3) is 0 Å². The first kappa shape index (κ1) is 11.4. The van der Waals surface area contributed by atoms with Crippen LogP contribution in [0.25, 0.3) is 0 Å². The van der Waals surface area contributed by atoms with Gasteiger partial charge < -0.3 is 15.6 Å². The first-order valence-electron chi connectivity index (χ1n) is 4.88. The van der Waals surface area contributed by atoms with Crippen LogP contribution in [-0.2, 0) is 4.79 Å². The SMILES string of the molecule is CCCC(Oc1ccc(N)cc1)C(=O)O. The molecule has 1 atom stereocenters. The summed E-state index contributed by atoms with van der Waals surface area (Å²) in [4.78, 5) is 10.8. The van der Waals surface area contributed by atoms with Crippen LogP contribution in [0, 0.1) is 0 Å². The Balaban J connectivity index is 2.65. The molecular formula is C11H15NO3. The van der Waals surface area contributed by atoms with Crippen LogP contribution < -0.4 is 10.5 Å². The van der Waals surface area contributed by atoms with Gasteiger partial charge in [0.1, 0.15) is 5.75 Å². The van der Waals surface area contributed by atoms with Gasteiger partial charge in [-0.05, 0) is 30.7 Å². The van der Waals surface area contributed by atoms with E-state index in [4.69, 9.17) is 15.6 Å². The number of carbonyl (C=O) groups is 1. The number of nitrogen functional groups attached to an aromatic ring is 1. The second-order valence-corrected chi connectivity index (χ2v) is 3.30. The summed E-state index contributed by atoms with van der Waals surface area (Å²) in [6.45, 7) is 1.92. The molecule has 1 rings (SSSR count). The summed E-state index contributed by atoms with van der Waals surface area (Å²) >= 11 is 0. The summed E-state index contributed by atoms with van der Waals surface area (Å²) in [5.41, 5.74) is 6.13. The maximum absolute atomic E-state index is 10.8. The van der Waals surface area contributed by atoms with Crippen molar-refractivity contribution in [2.45, 2.75) is 25.9 Å². The predicted molar refractivity (Wildman–Crippen MR) is 57.8 cm³/mol. The zero-order valence-corrected chi connectivity index (χ0v) is 8.64. The van der Waals surface area contributed by atoms with Crippen LogP contribution in [0.15, 0.2) is 24.3 Å². The van der Waals surface area contributed by atoms with Crippen LogP contribution in [0.5, 0.6) is 5.75 Å². The molecule has 4 heteroatoms. The Morgan fingerprint density at radius 2 is 2.07 bits per heavy atom. The van der Waals surface area contributed by atoms with Crippen molar-refractivity contribution in [3.63, 3.8) is 0 Å². The van der Waals surface area contributed by atoms with Crippen molar-refractivity contribution in [2.75, 3.05) is 5.73 Å². The summed E-state index contributed by atoms with van der Waals surface area (Å²) in [5, 5.41) is 8.87. The van der Waals surface area contributed by atoms with Crippen molar-refractivity contribution >= 4 is 11.7 Å². The molecule has 82 valence electrons. The highest BCUT2D eigenvalue weighted by atomic mass is 16.5. The Hall–Kier alpha value is -1.71. The minimum absolute atomic E-state index is 0.500. The molecule has 1 aromatic carbocycles. The zero-order valence-electron chi connectivity index (χ0n) is 8.64. The molecule has 0 aliphatic carbocycles. The molecule has 1 unspecified atom stereocenters. The van der Waals surface area contributed by atoms with Crippen molar-refractivity contribution in [3.05, 3.63) is 24.3 Å². The summed E-state index contributed by atoms with van der Waals surface area (Å²) in [6.07, 6.45) is 0.490. The van der Waals surface area contributed by atoms with Gasteiger partial charge in [-0.1, -0.05) is 13.3 Å². The summed E-state index contributed by atoms with van der Waals surface area (Å²) in [6, 6.07) is 6.70. The number of carboxylic acids is 1. The molecule has 0 bridgehead atoms. The molecule has 0 aromatic heterocycles. The molecule has 0 saturated heterocycles. The molecule has 0 heterocycles.